The van der Waals surface area contributed by atoms with Crippen LogP contribution in [0.15, 0.2) is 12.1 Å². The zero-order valence-corrected chi connectivity index (χ0v) is 10.2. The first-order chi connectivity index (χ1) is 8.85. The summed E-state index contributed by atoms with van der Waals surface area (Å²) in [5.41, 5.74) is 4.57. The molecule has 1 unspecified atom stereocenters. The second-order valence-electron chi connectivity index (χ2n) is 4.21. The summed E-state index contributed by atoms with van der Waals surface area (Å²) in [5.74, 6) is -4.58. The summed E-state index contributed by atoms with van der Waals surface area (Å²) in [6.07, 6.45) is 0.0640. The zero-order valence-electron chi connectivity index (χ0n) is 10.2. The summed E-state index contributed by atoms with van der Waals surface area (Å²) >= 11 is 0. The van der Waals surface area contributed by atoms with Gasteiger partial charge in [-0.1, -0.05) is 6.92 Å². The van der Waals surface area contributed by atoms with E-state index in [4.69, 9.17) is 10.8 Å². The molecule has 0 saturated heterocycles. The molecule has 4 N–H and O–H groups in total. The van der Waals surface area contributed by atoms with E-state index in [-0.39, 0.29) is 24.6 Å². The van der Waals surface area contributed by atoms with Crippen molar-refractivity contribution < 1.29 is 23.5 Å². The first-order valence-electron chi connectivity index (χ1n) is 5.57. The van der Waals surface area contributed by atoms with Crippen molar-refractivity contribution in [3.8, 4) is 0 Å². The number of carbonyl (C=O) groups excluding carboxylic acids is 1. The Hall–Kier alpha value is -2.02. The summed E-state index contributed by atoms with van der Waals surface area (Å²) in [6.45, 7) is 2.03. The third-order valence-electron chi connectivity index (χ3n) is 2.50. The minimum absolute atomic E-state index is 0.0640. The van der Waals surface area contributed by atoms with Gasteiger partial charge in [0.1, 0.15) is 0 Å². The van der Waals surface area contributed by atoms with Crippen LogP contribution in [0.25, 0.3) is 0 Å². The number of carboxylic acid groups (broad SMARTS) is 1. The molecule has 1 rings (SSSR count). The first kappa shape index (κ1) is 15.0. The molecule has 5 nitrogen and oxygen atoms in total. The van der Waals surface area contributed by atoms with Crippen molar-refractivity contribution in [2.45, 2.75) is 13.3 Å². The van der Waals surface area contributed by atoms with Gasteiger partial charge < -0.3 is 16.2 Å². The van der Waals surface area contributed by atoms with E-state index in [1.54, 1.807) is 6.92 Å². The molecule has 0 heterocycles. The Bertz CT molecular complexity index is 506. The van der Waals surface area contributed by atoms with Gasteiger partial charge in [0, 0.05) is 12.5 Å². The van der Waals surface area contributed by atoms with Crippen molar-refractivity contribution in [1.29, 1.82) is 0 Å². The lowest BCUT2D eigenvalue weighted by atomic mass is 10.1. The predicted molar refractivity (Wildman–Crippen MR) is 64.8 cm³/mol. The average molecular weight is 272 g/mol. The van der Waals surface area contributed by atoms with Crippen LogP contribution in [0.5, 0.6) is 0 Å². The van der Waals surface area contributed by atoms with E-state index in [1.165, 1.54) is 0 Å². The molecule has 19 heavy (non-hydrogen) atoms. The highest BCUT2D eigenvalue weighted by atomic mass is 19.2. The van der Waals surface area contributed by atoms with Crippen LogP contribution in [-0.4, -0.2) is 23.5 Å². The number of aromatic carboxylic acids is 1. The lowest BCUT2D eigenvalue weighted by molar-refractivity contribution is -0.116. The average Bonchev–Trinajstić information content (AvgIpc) is 2.32. The highest BCUT2D eigenvalue weighted by Crippen LogP contribution is 2.20. The fourth-order valence-corrected chi connectivity index (χ4v) is 1.43. The summed E-state index contributed by atoms with van der Waals surface area (Å²) in [6, 6.07) is 1.17. The molecule has 0 aliphatic rings. The van der Waals surface area contributed by atoms with E-state index in [2.05, 4.69) is 5.32 Å². The zero-order chi connectivity index (χ0) is 14.6. The molecule has 0 saturated carbocycles. The standard InChI is InChI=1S/C12H14F2N2O3/c1-6(5-15)2-11(17)16-10-4-9(14)8(13)3-7(10)12(18)19/h3-4,6H,2,5,15H2,1H3,(H,16,17)(H,18,19). The van der Waals surface area contributed by atoms with Crippen molar-refractivity contribution in [3.63, 3.8) is 0 Å². The third-order valence-corrected chi connectivity index (χ3v) is 2.50. The summed E-state index contributed by atoms with van der Waals surface area (Å²) < 4.78 is 26.0. The number of nitrogens with two attached hydrogens (primary N) is 1. The highest BCUT2D eigenvalue weighted by Gasteiger charge is 2.17. The Balaban J connectivity index is 2.97. The van der Waals surface area contributed by atoms with Crippen molar-refractivity contribution in [3.05, 3.63) is 29.3 Å². The second kappa shape index (κ2) is 6.24. The summed E-state index contributed by atoms with van der Waals surface area (Å²) in [7, 11) is 0. The molecule has 1 aromatic carbocycles. The van der Waals surface area contributed by atoms with Crippen LogP contribution < -0.4 is 11.1 Å². The van der Waals surface area contributed by atoms with Gasteiger partial charge in [-0.3, -0.25) is 4.79 Å². The molecule has 7 heteroatoms. The number of anilines is 1. The van der Waals surface area contributed by atoms with Crippen LogP contribution >= 0.6 is 0 Å². The van der Waals surface area contributed by atoms with E-state index in [9.17, 15) is 18.4 Å². The number of carbonyl (C=O) groups is 2. The number of rotatable bonds is 5. The van der Waals surface area contributed by atoms with Crippen LogP contribution in [0.2, 0.25) is 0 Å². The lowest BCUT2D eigenvalue weighted by Crippen LogP contribution is -2.21. The molecule has 0 radical (unpaired) electrons. The molecule has 0 fully saturated rings. The van der Waals surface area contributed by atoms with Crippen molar-refractivity contribution in [2.24, 2.45) is 11.7 Å². The number of hydrogen-bond acceptors (Lipinski definition) is 3. The van der Waals surface area contributed by atoms with Gasteiger partial charge in [0.15, 0.2) is 11.6 Å². The molecule has 1 aromatic rings. The molecule has 104 valence electrons. The van der Waals surface area contributed by atoms with Gasteiger partial charge >= 0.3 is 5.97 Å². The van der Waals surface area contributed by atoms with Gasteiger partial charge in [-0.05, 0) is 18.5 Å². The number of halogens is 2. The number of amides is 1. The Morgan fingerprint density at radius 2 is 1.95 bits per heavy atom. The van der Waals surface area contributed by atoms with Crippen LogP contribution in [0, 0.1) is 17.6 Å². The maximum Gasteiger partial charge on any atom is 0.337 e. The van der Waals surface area contributed by atoms with Crippen molar-refractivity contribution in [1.82, 2.24) is 0 Å². The fourth-order valence-electron chi connectivity index (χ4n) is 1.43. The maximum atomic E-state index is 13.1. The van der Waals surface area contributed by atoms with E-state index < -0.39 is 29.1 Å². The van der Waals surface area contributed by atoms with Gasteiger partial charge in [-0.25, -0.2) is 13.6 Å². The van der Waals surface area contributed by atoms with Gasteiger partial charge in [0.2, 0.25) is 5.91 Å². The topological polar surface area (TPSA) is 92.4 Å². The van der Waals surface area contributed by atoms with Crippen molar-refractivity contribution in [2.75, 3.05) is 11.9 Å². The monoisotopic (exact) mass is 272 g/mol. The van der Waals surface area contributed by atoms with Crippen LogP contribution in [0.4, 0.5) is 14.5 Å². The van der Waals surface area contributed by atoms with Gasteiger partial charge in [0.05, 0.1) is 11.3 Å². The van der Waals surface area contributed by atoms with Gasteiger partial charge in [-0.15, -0.1) is 0 Å². The molecular formula is C12H14F2N2O3. The summed E-state index contributed by atoms with van der Waals surface area (Å²) in [4.78, 5) is 22.5. The van der Waals surface area contributed by atoms with Crippen molar-refractivity contribution >= 4 is 17.6 Å². The molecule has 1 amide bonds. The quantitative estimate of drug-likeness (QED) is 0.758. The van der Waals surface area contributed by atoms with Gasteiger partial charge in [-0.2, -0.15) is 0 Å². The van der Waals surface area contributed by atoms with E-state index in [0.29, 0.717) is 12.1 Å². The molecule has 0 aliphatic heterocycles. The molecular weight excluding hydrogens is 258 g/mol. The first-order valence-corrected chi connectivity index (χ1v) is 5.57. The highest BCUT2D eigenvalue weighted by molar-refractivity contribution is 6.00. The Kier molecular flexibility index (Phi) is 4.94. The molecule has 0 bridgehead atoms. The number of hydrogen-bond donors (Lipinski definition) is 3. The fraction of sp³-hybridized carbons (Fsp3) is 0.333. The Morgan fingerprint density at radius 1 is 1.37 bits per heavy atom. The van der Waals surface area contributed by atoms with Crippen LogP contribution in [0.3, 0.4) is 0 Å². The van der Waals surface area contributed by atoms with E-state index in [1.807, 2.05) is 0 Å². The third kappa shape index (κ3) is 3.99. The SMILES string of the molecule is CC(CN)CC(=O)Nc1cc(F)c(F)cc1C(=O)O. The number of carboxylic acids is 1. The molecule has 0 aliphatic carbocycles. The second-order valence-corrected chi connectivity index (χ2v) is 4.21. The normalized spacial score (nSPS) is 12.0. The smallest absolute Gasteiger partial charge is 0.337 e. The molecule has 0 spiro atoms. The predicted octanol–water partition coefficient (Wildman–Crippen LogP) is 1.59. The minimum atomic E-state index is -1.46. The largest absolute Gasteiger partial charge is 0.478 e. The maximum absolute atomic E-state index is 13.1. The van der Waals surface area contributed by atoms with Crippen LogP contribution in [-0.2, 0) is 4.79 Å². The number of benzene rings is 1. The lowest BCUT2D eigenvalue weighted by Gasteiger charge is -2.11. The summed E-state index contributed by atoms with van der Waals surface area (Å²) in [5, 5.41) is 11.1. The molecule has 0 aromatic heterocycles. The Labute approximate surface area is 108 Å². The minimum Gasteiger partial charge on any atom is -0.478 e. The Morgan fingerprint density at radius 3 is 2.47 bits per heavy atom. The number of nitrogens with one attached hydrogen (secondary N) is 1. The molecule has 1 atom stereocenters. The van der Waals surface area contributed by atoms with E-state index in [0.717, 1.165) is 0 Å². The van der Waals surface area contributed by atoms with Gasteiger partial charge in [0.25, 0.3) is 0 Å². The van der Waals surface area contributed by atoms with E-state index >= 15 is 0 Å². The van der Waals surface area contributed by atoms with Crippen LogP contribution in [0.1, 0.15) is 23.7 Å².